The highest BCUT2D eigenvalue weighted by atomic mass is 32.2. The Kier molecular flexibility index (Phi) is 2.79. The van der Waals surface area contributed by atoms with E-state index in [0.29, 0.717) is 13.1 Å². The van der Waals surface area contributed by atoms with Gasteiger partial charge in [-0.15, -0.1) is 0 Å². The number of hydrogen-bond acceptors (Lipinski definition) is 2. The van der Waals surface area contributed by atoms with Crippen LogP contribution in [-0.2, 0) is 11.3 Å². The average molecular weight is 165 g/mol. The minimum absolute atomic E-state index is 0.119. The highest BCUT2D eigenvalue weighted by molar-refractivity contribution is 7.76. The molecule has 2 atom stereocenters. The summed E-state index contributed by atoms with van der Waals surface area (Å²) in [4.78, 5) is 0. The fourth-order valence-corrected chi connectivity index (χ4v) is 1.69. The first-order chi connectivity index (χ1) is 4.74. The minimum Gasteiger partial charge on any atom is -0.396 e. The highest BCUT2D eigenvalue weighted by Crippen LogP contribution is 2.15. The summed E-state index contributed by atoms with van der Waals surface area (Å²) in [7, 11) is 0. The van der Waals surface area contributed by atoms with Crippen molar-refractivity contribution in [3.05, 3.63) is 0 Å². The molecule has 0 aromatic carbocycles. The third kappa shape index (κ3) is 1.76. The van der Waals surface area contributed by atoms with Gasteiger partial charge in [-0.3, -0.25) is 4.55 Å². The molecule has 2 unspecified atom stereocenters. The molecular weight excluding hydrogens is 154 g/mol. The predicted octanol–water partition coefficient (Wildman–Crippen LogP) is -0.563. The van der Waals surface area contributed by atoms with Crippen LogP contribution in [0.2, 0.25) is 0 Å². The van der Waals surface area contributed by atoms with Crippen LogP contribution in [0, 0.1) is 5.92 Å². The Labute approximate surface area is 62.3 Å². The van der Waals surface area contributed by atoms with Gasteiger partial charge in [0.2, 0.25) is 11.3 Å². The fourth-order valence-electron chi connectivity index (χ4n) is 1.09. The van der Waals surface area contributed by atoms with Crippen molar-refractivity contribution in [3.63, 3.8) is 0 Å². The summed E-state index contributed by atoms with van der Waals surface area (Å²) in [6.07, 6.45) is 0.822. The van der Waals surface area contributed by atoms with Crippen LogP contribution >= 0.6 is 0 Å². The van der Waals surface area contributed by atoms with Gasteiger partial charge >= 0.3 is 0 Å². The summed E-state index contributed by atoms with van der Waals surface area (Å²) in [5.41, 5.74) is 0. The van der Waals surface area contributed by atoms with Crippen molar-refractivity contribution >= 4 is 11.3 Å². The van der Waals surface area contributed by atoms with E-state index in [-0.39, 0.29) is 12.5 Å². The second-order valence-corrected chi connectivity index (χ2v) is 3.43. The van der Waals surface area contributed by atoms with Crippen LogP contribution in [0.5, 0.6) is 0 Å². The molecule has 4 nitrogen and oxygen atoms in total. The van der Waals surface area contributed by atoms with E-state index in [1.54, 1.807) is 0 Å². The second kappa shape index (κ2) is 3.43. The van der Waals surface area contributed by atoms with Crippen LogP contribution in [0.25, 0.3) is 0 Å². The van der Waals surface area contributed by atoms with Gasteiger partial charge in [0.25, 0.3) is 0 Å². The number of hydrogen-bond donors (Lipinski definition) is 2. The molecule has 1 rings (SSSR count). The monoisotopic (exact) mass is 165 g/mol. The molecule has 1 saturated heterocycles. The van der Waals surface area contributed by atoms with Crippen molar-refractivity contribution in [2.24, 2.45) is 5.92 Å². The molecule has 2 N–H and O–H groups in total. The van der Waals surface area contributed by atoms with Crippen LogP contribution < -0.4 is 0 Å². The predicted molar refractivity (Wildman–Crippen MR) is 37.5 cm³/mol. The lowest BCUT2D eigenvalue weighted by atomic mass is 10.1. The van der Waals surface area contributed by atoms with Gasteiger partial charge < -0.3 is 5.11 Å². The summed E-state index contributed by atoms with van der Waals surface area (Å²) in [5.74, 6) is 0.191. The van der Waals surface area contributed by atoms with Gasteiger partial charge in [0, 0.05) is 19.7 Å². The number of aliphatic hydroxyl groups is 1. The Bertz CT molecular complexity index is 141. The molecule has 0 spiro atoms. The molecule has 5 heteroatoms. The highest BCUT2D eigenvalue weighted by Gasteiger charge is 2.24. The van der Waals surface area contributed by atoms with Crippen LogP contribution in [0.4, 0.5) is 0 Å². The largest absolute Gasteiger partial charge is 0.396 e. The molecule has 1 heterocycles. The summed E-state index contributed by atoms with van der Waals surface area (Å²) in [6.45, 7) is 1.28. The Hall–Kier alpha value is 0.0300. The lowest BCUT2D eigenvalue weighted by Crippen LogP contribution is -2.23. The normalized spacial score (nSPS) is 30.8. The lowest BCUT2D eigenvalue weighted by molar-refractivity contribution is 0.233. The van der Waals surface area contributed by atoms with E-state index in [0.717, 1.165) is 6.42 Å². The molecule has 0 saturated carbocycles. The minimum atomic E-state index is -1.84. The summed E-state index contributed by atoms with van der Waals surface area (Å²) in [5, 5.41) is 8.66. The quantitative estimate of drug-likeness (QED) is 0.539. The van der Waals surface area contributed by atoms with Gasteiger partial charge in [-0.25, -0.2) is 8.51 Å². The maximum atomic E-state index is 10.4. The van der Waals surface area contributed by atoms with Gasteiger partial charge in [0.15, 0.2) is 0 Å². The van der Waals surface area contributed by atoms with Crippen LogP contribution in [0.15, 0.2) is 0 Å². The van der Waals surface area contributed by atoms with Crippen molar-refractivity contribution in [3.8, 4) is 0 Å². The van der Waals surface area contributed by atoms with Crippen molar-refractivity contribution in [2.75, 3.05) is 19.7 Å². The van der Waals surface area contributed by atoms with Gasteiger partial charge in [0.1, 0.15) is 0 Å². The molecule has 0 amide bonds. The molecule has 0 radical (unpaired) electrons. The average Bonchev–Trinajstić information content (AvgIpc) is 2.34. The Morgan fingerprint density at radius 2 is 2.40 bits per heavy atom. The van der Waals surface area contributed by atoms with Crippen molar-refractivity contribution in [1.29, 1.82) is 0 Å². The van der Waals surface area contributed by atoms with E-state index < -0.39 is 11.3 Å². The second-order valence-electron chi connectivity index (χ2n) is 2.46. The van der Waals surface area contributed by atoms with E-state index in [4.69, 9.17) is 9.66 Å². The fraction of sp³-hybridized carbons (Fsp3) is 1.00. The first-order valence-electron chi connectivity index (χ1n) is 3.21. The van der Waals surface area contributed by atoms with E-state index in [9.17, 15) is 4.21 Å². The van der Waals surface area contributed by atoms with E-state index in [2.05, 4.69) is 0 Å². The molecule has 60 valence electrons. The van der Waals surface area contributed by atoms with Gasteiger partial charge in [0.05, 0.1) is 0 Å². The summed E-state index contributed by atoms with van der Waals surface area (Å²) >= 11 is -1.84. The first-order valence-corrected chi connectivity index (χ1v) is 4.27. The third-order valence-electron chi connectivity index (χ3n) is 1.73. The van der Waals surface area contributed by atoms with Crippen LogP contribution in [-0.4, -0.2) is 37.9 Å². The summed E-state index contributed by atoms with van der Waals surface area (Å²) < 4.78 is 20.4. The number of nitrogens with zero attached hydrogens (tertiary/aromatic N) is 1. The molecule has 0 bridgehead atoms. The molecule has 0 aliphatic carbocycles. The maximum absolute atomic E-state index is 10.4. The molecule has 10 heavy (non-hydrogen) atoms. The van der Waals surface area contributed by atoms with Gasteiger partial charge in [-0.2, -0.15) is 0 Å². The molecule has 1 fully saturated rings. The third-order valence-corrected chi connectivity index (χ3v) is 2.50. The first kappa shape index (κ1) is 8.13. The van der Waals surface area contributed by atoms with E-state index >= 15 is 0 Å². The van der Waals surface area contributed by atoms with Crippen molar-refractivity contribution in [1.82, 2.24) is 4.31 Å². The SMILES string of the molecule is O=S(O)N1CCC(CO)C1. The Morgan fingerprint density at radius 3 is 2.70 bits per heavy atom. The molecule has 1 aliphatic heterocycles. The van der Waals surface area contributed by atoms with E-state index in [1.165, 1.54) is 4.31 Å². The lowest BCUT2D eigenvalue weighted by Gasteiger charge is -2.07. The van der Waals surface area contributed by atoms with Crippen molar-refractivity contribution < 1.29 is 13.9 Å². The van der Waals surface area contributed by atoms with Crippen LogP contribution in [0.1, 0.15) is 6.42 Å². The Balaban J connectivity index is 2.35. The molecule has 0 aromatic rings. The summed E-state index contributed by atoms with van der Waals surface area (Å²) in [6, 6.07) is 0. The zero-order valence-corrected chi connectivity index (χ0v) is 6.38. The Morgan fingerprint density at radius 1 is 1.70 bits per heavy atom. The van der Waals surface area contributed by atoms with Gasteiger partial charge in [-0.1, -0.05) is 0 Å². The van der Waals surface area contributed by atoms with E-state index in [1.807, 2.05) is 0 Å². The topological polar surface area (TPSA) is 60.8 Å². The molecule has 1 aliphatic rings. The molecule has 0 aromatic heterocycles. The zero-order chi connectivity index (χ0) is 7.56. The molecular formula is C5H11NO3S. The number of aliphatic hydroxyl groups excluding tert-OH is 1. The smallest absolute Gasteiger partial charge is 0.234 e. The van der Waals surface area contributed by atoms with Crippen LogP contribution in [0.3, 0.4) is 0 Å². The number of rotatable bonds is 2. The zero-order valence-electron chi connectivity index (χ0n) is 5.56. The van der Waals surface area contributed by atoms with Gasteiger partial charge in [-0.05, 0) is 12.3 Å². The van der Waals surface area contributed by atoms with Crippen molar-refractivity contribution in [2.45, 2.75) is 6.42 Å². The standard InChI is InChI=1S/C5H11NO3S/c7-4-5-1-2-6(3-5)10(8)9/h5,7H,1-4H2,(H,8,9). The maximum Gasteiger partial charge on any atom is 0.234 e.